The highest BCUT2D eigenvalue weighted by Crippen LogP contribution is 2.33. The standard InChI is InChI=1S/C15H11Cl2NO2/c1-8-3-4-9(5-10(8)16)15-18-12-7-13(19-2)11(17)6-14(12)20-15/h3-7H,1-2H3. The molecule has 0 bridgehead atoms. The second-order valence-electron chi connectivity index (χ2n) is 4.44. The van der Waals surface area contributed by atoms with Crippen LogP contribution in [0.25, 0.3) is 22.6 Å². The van der Waals surface area contributed by atoms with Crippen LogP contribution in [0.4, 0.5) is 0 Å². The molecule has 1 heterocycles. The summed E-state index contributed by atoms with van der Waals surface area (Å²) in [6.45, 7) is 1.95. The summed E-state index contributed by atoms with van der Waals surface area (Å²) in [4.78, 5) is 4.44. The molecule has 3 nitrogen and oxygen atoms in total. The van der Waals surface area contributed by atoms with E-state index in [0.717, 1.165) is 11.1 Å². The Kier molecular flexibility index (Phi) is 3.32. The number of benzene rings is 2. The molecule has 5 heteroatoms. The first kappa shape index (κ1) is 13.3. The van der Waals surface area contributed by atoms with Gasteiger partial charge in [0.05, 0.1) is 12.1 Å². The first-order valence-electron chi connectivity index (χ1n) is 5.99. The Morgan fingerprint density at radius 2 is 1.90 bits per heavy atom. The topological polar surface area (TPSA) is 35.3 Å². The lowest BCUT2D eigenvalue weighted by molar-refractivity contribution is 0.415. The normalized spacial score (nSPS) is 11.0. The van der Waals surface area contributed by atoms with E-state index in [9.17, 15) is 0 Å². The summed E-state index contributed by atoms with van der Waals surface area (Å²) in [6.07, 6.45) is 0. The van der Waals surface area contributed by atoms with Crippen LogP contribution >= 0.6 is 23.2 Å². The van der Waals surface area contributed by atoms with E-state index in [1.165, 1.54) is 0 Å². The molecule has 0 unspecified atom stereocenters. The van der Waals surface area contributed by atoms with Crippen molar-refractivity contribution in [3.8, 4) is 17.2 Å². The molecule has 0 aliphatic heterocycles. The highest BCUT2D eigenvalue weighted by atomic mass is 35.5. The van der Waals surface area contributed by atoms with Gasteiger partial charge in [0.25, 0.3) is 0 Å². The Morgan fingerprint density at radius 3 is 2.60 bits per heavy atom. The summed E-state index contributed by atoms with van der Waals surface area (Å²) < 4.78 is 10.9. The van der Waals surface area contributed by atoms with Crippen LogP contribution in [0.5, 0.6) is 5.75 Å². The maximum Gasteiger partial charge on any atom is 0.227 e. The molecule has 3 aromatic rings. The third-order valence-corrected chi connectivity index (χ3v) is 3.78. The van der Waals surface area contributed by atoms with Crippen LogP contribution < -0.4 is 4.74 Å². The molecule has 1 aromatic heterocycles. The van der Waals surface area contributed by atoms with Gasteiger partial charge >= 0.3 is 0 Å². The minimum Gasteiger partial charge on any atom is -0.495 e. The Bertz CT molecular complexity index is 796. The van der Waals surface area contributed by atoms with Gasteiger partial charge < -0.3 is 9.15 Å². The molecule has 102 valence electrons. The number of aromatic nitrogens is 1. The van der Waals surface area contributed by atoms with Gasteiger partial charge in [0.15, 0.2) is 5.58 Å². The predicted molar refractivity (Wildman–Crippen MR) is 80.8 cm³/mol. The Hall–Kier alpha value is -1.71. The van der Waals surface area contributed by atoms with Gasteiger partial charge in [-0.2, -0.15) is 0 Å². The molecule has 0 N–H and O–H groups in total. The van der Waals surface area contributed by atoms with Crippen molar-refractivity contribution in [2.45, 2.75) is 6.92 Å². The Labute approximate surface area is 126 Å². The summed E-state index contributed by atoms with van der Waals surface area (Å²) in [5, 5.41) is 1.17. The minimum atomic E-state index is 0.490. The maximum atomic E-state index is 6.12. The van der Waals surface area contributed by atoms with E-state index in [4.69, 9.17) is 32.4 Å². The zero-order valence-electron chi connectivity index (χ0n) is 10.9. The van der Waals surface area contributed by atoms with Crippen molar-refractivity contribution in [3.63, 3.8) is 0 Å². The molecule has 0 radical (unpaired) electrons. The number of aryl methyl sites for hydroxylation is 1. The van der Waals surface area contributed by atoms with Crippen molar-refractivity contribution in [2.75, 3.05) is 7.11 Å². The van der Waals surface area contributed by atoms with E-state index in [0.29, 0.717) is 32.8 Å². The van der Waals surface area contributed by atoms with E-state index >= 15 is 0 Å². The molecular formula is C15H11Cl2NO2. The SMILES string of the molecule is COc1cc2nc(-c3ccc(C)c(Cl)c3)oc2cc1Cl. The third-order valence-electron chi connectivity index (χ3n) is 3.08. The average Bonchev–Trinajstić information content (AvgIpc) is 2.83. The fourth-order valence-electron chi connectivity index (χ4n) is 1.94. The zero-order chi connectivity index (χ0) is 14.3. The molecule has 0 saturated heterocycles. The lowest BCUT2D eigenvalue weighted by Gasteiger charge is -2.00. The number of hydrogen-bond acceptors (Lipinski definition) is 3. The van der Waals surface area contributed by atoms with Crippen LogP contribution in [0, 0.1) is 6.92 Å². The van der Waals surface area contributed by atoms with E-state index in [2.05, 4.69) is 4.98 Å². The summed E-state index contributed by atoms with van der Waals surface area (Å²) in [6, 6.07) is 9.13. The molecule has 0 aliphatic carbocycles. The van der Waals surface area contributed by atoms with Crippen LogP contribution in [0.2, 0.25) is 10.0 Å². The van der Waals surface area contributed by atoms with E-state index in [-0.39, 0.29) is 0 Å². The highest BCUT2D eigenvalue weighted by Gasteiger charge is 2.12. The van der Waals surface area contributed by atoms with Gasteiger partial charge in [-0.05, 0) is 24.6 Å². The van der Waals surface area contributed by atoms with Crippen molar-refractivity contribution in [2.24, 2.45) is 0 Å². The summed E-state index contributed by atoms with van der Waals surface area (Å²) in [5.41, 5.74) is 3.14. The zero-order valence-corrected chi connectivity index (χ0v) is 12.4. The molecule has 20 heavy (non-hydrogen) atoms. The molecule has 0 spiro atoms. The van der Waals surface area contributed by atoms with Gasteiger partial charge in [0.2, 0.25) is 5.89 Å². The molecule has 0 saturated carbocycles. The second-order valence-corrected chi connectivity index (χ2v) is 5.25. The van der Waals surface area contributed by atoms with Crippen molar-refractivity contribution in [3.05, 3.63) is 45.9 Å². The molecule has 0 amide bonds. The molecular weight excluding hydrogens is 297 g/mol. The number of hydrogen-bond donors (Lipinski definition) is 0. The minimum absolute atomic E-state index is 0.490. The Balaban J connectivity index is 2.15. The van der Waals surface area contributed by atoms with Gasteiger partial charge in [0, 0.05) is 22.7 Å². The lowest BCUT2D eigenvalue weighted by Crippen LogP contribution is -1.83. The van der Waals surface area contributed by atoms with E-state index in [1.54, 1.807) is 19.2 Å². The van der Waals surface area contributed by atoms with Gasteiger partial charge in [-0.3, -0.25) is 0 Å². The largest absolute Gasteiger partial charge is 0.495 e. The van der Waals surface area contributed by atoms with Crippen molar-refractivity contribution >= 4 is 34.3 Å². The van der Waals surface area contributed by atoms with Crippen molar-refractivity contribution < 1.29 is 9.15 Å². The van der Waals surface area contributed by atoms with Crippen LogP contribution in [-0.4, -0.2) is 12.1 Å². The summed E-state index contributed by atoms with van der Waals surface area (Å²) in [5.74, 6) is 1.08. The van der Waals surface area contributed by atoms with Crippen molar-refractivity contribution in [1.29, 1.82) is 0 Å². The molecule has 3 rings (SSSR count). The van der Waals surface area contributed by atoms with Gasteiger partial charge in [-0.1, -0.05) is 29.3 Å². The fourth-order valence-corrected chi connectivity index (χ4v) is 2.35. The lowest BCUT2D eigenvalue weighted by atomic mass is 10.1. The fraction of sp³-hybridized carbons (Fsp3) is 0.133. The Morgan fingerprint density at radius 1 is 1.10 bits per heavy atom. The van der Waals surface area contributed by atoms with E-state index in [1.807, 2.05) is 25.1 Å². The molecule has 0 fully saturated rings. The predicted octanol–water partition coefficient (Wildman–Crippen LogP) is 5.12. The third kappa shape index (κ3) is 2.23. The molecule has 2 aromatic carbocycles. The number of fused-ring (bicyclic) bond motifs is 1. The quantitative estimate of drug-likeness (QED) is 0.659. The maximum absolute atomic E-state index is 6.12. The van der Waals surface area contributed by atoms with Gasteiger partial charge in [-0.15, -0.1) is 0 Å². The molecule has 0 atom stereocenters. The number of ether oxygens (including phenoxy) is 1. The van der Waals surface area contributed by atoms with Gasteiger partial charge in [0.1, 0.15) is 11.3 Å². The van der Waals surface area contributed by atoms with Crippen LogP contribution in [0.3, 0.4) is 0 Å². The summed E-state index contributed by atoms with van der Waals surface area (Å²) in [7, 11) is 1.56. The number of rotatable bonds is 2. The number of halogens is 2. The first-order valence-corrected chi connectivity index (χ1v) is 6.74. The summed E-state index contributed by atoms with van der Waals surface area (Å²) >= 11 is 12.2. The van der Waals surface area contributed by atoms with E-state index < -0.39 is 0 Å². The van der Waals surface area contributed by atoms with Gasteiger partial charge in [-0.25, -0.2) is 4.98 Å². The van der Waals surface area contributed by atoms with Crippen molar-refractivity contribution in [1.82, 2.24) is 4.98 Å². The smallest absolute Gasteiger partial charge is 0.227 e. The number of methoxy groups -OCH3 is 1. The monoisotopic (exact) mass is 307 g/mol. The van der Waals surface area contributed by atoms with Crippen LogP contribution in [0.15, 0.2) is 34.7 Å². The molecule has 0 aliphatic rings. The number of oxazole rings is 1. The first-order chi connectivity index (χ1) is 9.58. The average molecular weight is 308 g/mol. The van der Waals surface area contributed by atoms with Crippen LogP contribution in [-0.2, 0) is 0 Å². The second kappa shape index (κ2) is 5.00. The number of nitrogens with zero attached hydrogens (tertiary/aromatic N) is 1. The van der Waals surface area contributed by atoms with Crippen LogP contribution in [0.1, 0.15) is 5.56 Å². The highest BCUT2D eigenvalue weighted by molar-refractivity contribution is 6.32.